The zero-order valence-corrected chi connectivity index (χ0v) is 10.4. The van der Waals surface area contributed by atoms with Crippen molar-refractivity contribution in [2.45, 2.75) is 33.4 Å². The van der Waals surface area contributed by atoms with Crippen LogP contribution in [-0.2, 0) is 6.54 Å². The lowest BCUT2D eigenvalue weighted by Crippen LogP contribution is -2.22. The Morgan fingerprint density at radius 2 is 2.12 bits per heavy atom. The topological polar surface area (TPSA) is 55.6 Å². The van der Waals surface area contributed by atoms with Gasteiger partial charge in [0.2, 0.25) is 0 Å². The SMILES string of the molecule is Cc1ccn(-c2cnc(CNC(C)C)cn2)n1. The Labute approximate surface area is 101 Å². The van der Waals surface area contributed by atoms with Crippen molar-refractivity contribution in [3.8, 4) is 5.82 Å². The van der Waals surface area contributed by atoms with Crippen LogP contribution in [0.1, 0.15) is 25.2 Å². The predicted octanol–water partition coefficient (Wildman–Crippen LogP) is 1.47. The minimum Gasteiger partial charge on any atom is -0.309 e. The number of aromatic nitrogens is 4. The van der Waals surface area contributed by atoms with E-state index < -0.39 is 0 Å². The summed E-state index contributed by atoms with van der Waals surface area (Å²) in [5.74, 6) is 0.742. The molecule has 0 radical (unpaired) electrons. The highest BCUT2D eigenvalue weighted by molar-refractivity contribution is 5.18. The van der Waals surface area contributed by atoms with Crippen molar-refractivity contribution in [2.24, 2.45) is 0 Å². The van der Waals surface area contributed by atoms with Crippen molar-refractivity contribution in [3.63, 3.8) is 0 Å². The predicted molar refractivity (Wildman–Crippen MR) is 65.9 cm³/mol. The molecule has 0 unspecified atom stereocenters. The summed E-state index contributed by atoms with van der Waals surface area (Å²) in [6.45, 7) is 6.90. The van der Waals surface area contributed by atoms with Crippen molar-refractivity contribution in [1.82, 2.24) is 25.1 Å². The molecule has 0 saturated heterocycles. The molecule has 2 rings (SSSR count). The van der Waals surface area contributed by atoms with Gasteiger partial charge in [-0.25, -0.2) is 9.67 Å². The van der Waals surface area contributed by atoms with E-state index in [0.717, 1.165) is 23.8 Å². The van der Waals surface area contributed by atoms with Crippen molar-refractivity contribution in [1.29, 1.82) is 0 Å². The summed E-state index contributed by atoms with van der Waals surface area (Å²) in [7, 11) is 0. The fraction of sp³-hybridized carbons (Fsp3) is 0.417. The van der Waals surface area contributed by atoms with Crippen LogP contribution in [0.15, 0.2) is 24.7 Å². The molecule has 1 N–H and O–H groups in total. The molecule has 0 fully saturated rings. The molecule has 0 aliphatic carbocycles. The smallest absolute Gasteiger partial charge is 0.171 e. The number of nitrogens with one attached hydrogen (secondary N) is 1. The summed E-state index contributed by atoms with van der Waals surface area (Å²) in [6, 6.07) is 2.39. The third-order valence-electron chi connectivity index (χ3n) is 2.34. The van der Waals surface area contributed by atoms with E-state index in [0.29, 0.717) is 6.04 Å². The summed E-state index contributed by atoms with van der Waals surface area (Å²) < 4.78 is 1.72. The summed E-state index contributed by atoms with van der Waals surface area (Å²) in [5, 5.41) is 7.58. The van der Waals surface area contributed by atoms with Gasteiger partial charge in [-0.05, 0) is 13.0 Å². The lowest BCUT2D eigenvalue weighted by atomic mass is 10.3. The monoisotopic (exact) mass is 231 g/mol. The molecule has 0 aliphatic heterocycles. The van der Waals surface area contributed by atoms with Gasteiger partial charge in [0, 0.05) is 18.8 Å². The van der Waals surface area contributed by atoms with Gasteiger partial charge in [-0.15, -0.1) is 0 Å². The van der Waals surface area contributed by atoms with Crippen LogP contribution in [0.5, 0.6) is 0 Å². The summed E-state index contributed by atoms with van der Waals surface area (Å²) in [4.78, 5) is 8.69. The van der Waals surface area contributed by atoms with Gasteiger partial charge in [0.15, 0.2) is 5.82 Å². The van der Waals surface area contributed by atoms with E-state index in [1.165, 1.54) is 0 Å². The molecule has 5 heteroatoms. The van der Waals surface area contributed by atoms with Crippen LogP contribution in [0.3, 0.4) is 0 Å². The van der Waals surface area contributed by atoms with Crippen LogP contribution in [0, 0.1) is 6.92 Å². The molecule has 0 saturated carbocycles. The molecule has 0 atom stereocenters. The Balaban J connectivity index is 2.07. The van der Waals surface area contributed by atoms with E-state index in [1.54, 1.807) is 17.1 Å². The minimum absolute atomic E-state index is 0.449. The Bertz CT molecular complexity index is 472. The fourth-order valence-electron chi connectivity index (χ4n) is 1.41. The van der Waals surface area contributed by atoms with Crippen molar-refractivity contribution >= 4 is 0 Å². The van der Waals surface area contributed by atoms with Crippen LogP contribution >= 0.6 is 0 Å². The second kappa shape index (κ2) is 5.05. The number of rotatable bonds is 4. The lowest BCUT2D eigenvalue weighted by Gasteiger charge is -2.07. The summed E-state index contributed by atoms with van der Waals surface area (Å²) >= 11 is 0. The first-order chi connectivity index (χ1) is 8.15. The number of hydrogen-bond acceptors (Lipinski definition) is 4. The van der Waals surface area contributed by atoms with E-state index in [1.807, 2.05) is 19.2 Å². The van der Waals surface area contributed by atoms with Crippen molar-refractivity contribution < 1.29 is 0 Å². The molecule has 17 heavy (non-hydrogen) atoms. The van der Waals surface area contributed by atoms with Crippen LogP contribution < -0.4 is 5.32 Å². The zero-order chi connectivity index (χ0) is 12.3. The first kappa shape index (κ1) is 11.7. The van der Waals surface area contributed by atoms with Crippen LogP contribution in [0.4, 0.5) is 0 Å². The molecule has 2 aromatic heterocycles. The number of hydrogen-bond donors (Lipinski definition) is 1. The highest BCUT2D eigenvalue weighted by atomic mass is 15.3. The van der Waals surface area contributed by atoms with Crippen molar-refractivity contribution in [3.05, 3.63) is 36.0 Å². The Hall–Kier alpha value is -1.75. The van der Waals surface area contributed by atoms with Gasteiger partial charge in [-0.1, -0.05) is 13.8 Å². The van der Waals surface area contributed by atoms with Crippen LogP contribution in [0.25, 0.3) is 5.82 Å². The zero-order valence-electron chi connectivity index (χ0n) is 10.4. The molecule has 0 aliphatic rings. The van der Waals surface area contributed by atoms with Gasteiger partial charge >= 0.3 is 0 Å². The lowest BCUT2D eigenvalue weighted by molar-refractivity contribution is 0.579. The van der Waals surface area contributed by atoms with Gasteiger partial charge in [-0.2, -0.15) is 5.10 Å². The summed E-state index contributed by atoms with van der Waals surface area (Å²) in [5.41, 5.74) is 1.91. The summed E-state index contributed by atoms with van der Waals surface area (Å²) in [6.07, 6.45) is 5.40. The largest absolute Gasteiger partial charge is 0.309 e. The average Bonchev–Trinajstić information content (AvgIpc) is 2.74. The molecule has 0 spiro atoms. The Morgan fingerprint density at radius 1 is 1.29 bits per heavy atom. The molecule has 90 valence electrons. The van der Waals surface area contributed by atoms with E-state index in [2.05, 4.69) is 34.2 Å². The quantitative estimate of drug-likeness (QED) is 0.865. The van der Waals surface area contributed by atoms with E-state index in [4.69, 9.17) is 0 Å². The third-order valence-corrected chi connectivity index (χ3v) is 2.34. The molecule has 0 aromatic carbocycles. The van der Waals surface area contributed by atoms with E-state index in [9.17, 15) is 0 Å². The first-order valence-electron chi connectivity index (χ1n) is 5.72. The standard InChI is InChI=1S/C12H17N5/c1-9(2)13-6-11-7-15-12(8-14-11)17-5-4-10(3)16-17/h4-5,7-9,13H,6H2,1-3H3. The van der Waals surface area contributed by atoms with Gasteiger partial charge in [0.05, 0.1) is 23.8 Å². The highest BCUT2D eigenvalue weighted by Crippen LogP contribution is 2.03. The van der Waals surface area contributed by atoms with Gasteiger partial charge in [-0.3, -0.25) is 4.98 Å². The maximum atomic E-state index is 4.35. The molecular weight excluding hydrogens is 214 g/mol. The molecule has 2 aromatic rings. The highest BCUT2D eigenvalue weighted by Gasteiger charge is 2.01. The Kier molecular flexibility index (Phi) is 3.49. The Morgan fingerprint density at radius 3 is 2.65 bits per heavy atom. The van der Waals surface area contributed by atoms with E-state index >= 15 is 0 Å². The van der Waals surface area contributed by atoms with E-state index in [-0.39, 0.29) is 0 Å². The number of nitrogens with zero attached hydrogens (tertiary/aromatic N) is 4. The molecule has 2 heterocycles. The van der Waals surface area contributed by atoms with Gasteiger partial charge < -0.3 is 5.32 Å². The average molecular weight is 231 g/mol. The van der Waals surface area contributed by atoms with Gasteiger partial charge in [0.1, 0.15) is 0 Å². The maximum Gasteiger partial charge on any atom is 0.171 e. The van der Waals surface area contributed by atoms with Crippen LogP contribution in [0.2, 0.25) is 0 Å². The molecular formula is C12H17N5. The van der Waals surface area contributed by atoms with Crippen molar-refractivity contribution in [2.75, 3.05) is 0 Å². The fourth-order valence-corrected chi connectivity index (χ4v) is 1.41. The molecule has 0 amide bonds. The third kappa shape index (κ3) is 3.10. The maximum absolute atomic E-state index is 4.35. The minimum atomic E-state index is 0.449. The van der Waals surface area contributed by atoms with Crippen LogP contribution in [-0.4, -0.2) is 25.8 Å². The molecule has 5 nitrogen and oxygen atoms in total. The number of aryl methyl sites for hydroxylation is 1. The first-order valence-corrected chi connectivity index (χ1v) is 5.72. The molecule has 0 bridgehead atoms. The normalized spacial score (nSPS) is 11.1. The van der Waals surface area contributed by atoms with Gasteiger partial charge in [0.25, 0.3) is 0 Å². The second-order valence-electron chi connectivity index (χ2n) is 4.30. The second-order valence-corrected chi connectivity index (χ2v) is 4.30.